The molecule has 1 aliphatic heterocycles. The molecule has 0 saturated heterocycles. The average molecular weight is 708 g/mol. The predicted octanol–water partition coefficient (Wildman–Crippen LogP) is 6.94. The van der Waals surface area contributed by atoms with E-state index in [0.717, 1.165) is 23.1 Å². The Morgan fingerprint density at radius 1 is 1.08 bits per heavy atom. The minimum atomic E-state index is -4.74. The van der Waals surface area contributed by atoms with Gasteiger partial charge in [-0.1, -0.05) is 6.07 Å². The summed E-state index contributed by atoms with van der Waals surface area (Å²) in [6.45, 7) is 6.78. The maximum absolute atomic E-state index is 15.9. The molecule has 0 unspecified atom stereocenters. The fourth-order valence-corrected chi connectivity index (χ4v) is 4.98. The quantitative estimate of drug-likeness (QED) is 0.213. The summed E-state index contributed by atoms with van der Waals surface area (Å²) in [6.07, 6.45) is -6.19. The molecule has 50 heavy (non-hydrogen) atoms. The molecule has 2 amide bonds. The topological polar surface area (TPSA) is 139 Å². The Morgan fingerprint density at radius 3 is 2.38 bits per heavy atom. The van der Waals surface area contributed by atoms with Crippen LogP contribution in [0.4, 0.5) is 41.2 Å². The number of ether oxygens (including phenoxy) is 1. The Kier molecular flexibility index (Phi) is 8.92. The van der Waals surface area contributed by atoms with Crippen LogP contribution >= 0.6 is 0 Å². The van der Waals surface area contributed by atoms with E-state index in [1.54, 1.807) is 0 Å². The van der Waals surface area contributed by atoms with Gasteiger partial charge in [-0.05, 0) is 64.4 Å². The molecule has 0 fully saturated rings. The summed E-state index contributed by atoms with van der Waals surface area (Å²) in [5, 5.41) is 22.6. The van der Waals surface area contributed by atoms with Crippen LogP contribution in [0.25, 0.3) is 17.1 Å². The van der Waals surface area contributed by atoms with Crippen molar-refractivity contribution < 1.29 is 49.5 Å². The number of nitriles is 1. The van der Waals surface area contributed by atoms with E-state index in [9.17, 15) is 28.0 Å². The first-order valence-electron chi connectivity index (χ1n) is 14.8. The Labute approximate surface area is 279 Å². The fraction of sp³-hybridized carbons (Fsp3) is 0.375. The monoisotopic (exact) mass is 707 g/mol. The number of fused-ring (bicyclic) bond motifs is 1. The molecule has 1 N–H and O–H groups in total. The zero-order valence-corrected chi connectivity index (χ0v) is 27.0. The molecule has 5 rings (SSSR count). The van der Waals surface area contributed by atoms with Crippen LogP contribution in [-0.4, -0.2) is 43.6 Å². The van der Waals surface area contributed by atoms with Crippen LogP contribution in [0.15, 0.2) is 47.1 Å². The van der Waals surface area contributed by atoms with E-state index in [1.165, 1.54) is 40.7 Å². The van der Waals surface area contributed by atoms with E-state index >= 15 is 17.6 Å². The maximum atomic E-state index is 15.9. The Hall–Kier alpha value is -5.47. The maximum Gasteiger partial charge on any atom is 0.419 e. The van der Waals surface area contributed by atoms with Crippen molar-refractivity contribution in [3.8, 4) is 23.2 Å². The number of carbonyl (C=O) groups excluding carboxylic acids is 2. The lowest BCUT2D eigenvalue weighted by atomic mass is 9.96. The zero-order valence-electron chi connectivity index (χ0n) is 27.0. The van der Waals surface area contributed by atoms with Gasteiger partial charge in [0.1, 0.15) is 34.4 Å². The molecule has 3 heterocycles. The molecular weight excluding hydrogens is 679 g/mol. The fourth-order valence-electron chi connectivity index (χ4n) is 4.98. The number of halogens is 7. The molecule has 0 saturated carbocycles. The lowest BCUT2D eigenvalue weighted by Gasteiger charge is -2.27. The third-order valence-electron chi connectivity index (χ3n) is 7.46. The van der Waals surface area contributed by atoms with Crippen LogP contribution in [0, 0.1) is 23.0 Å². The van der Waals surface area contributed by atoms with E-state index in [0.29, 0.717) is 23.1 Å². The van der Waals surface area contributed by atoms with Gasteiger partial charge >= 0.3 is 12.3 Å². The summed E-state index contributed by atoms with van der Waals surface area (Å²) < 4.78 is 113. The van der Waals surface area contributed by atoms with Crippen molar-refractivity contribution in [2.45, 2.75) is 76.7 Å². The minimum absolute atomic E-state index is 0.0308. The Morgan fingerprint density at radius 2 is 1.78 bits per heavy atom. The summed E-state index contributed by atoms with van der Waals surface area (Å²) in [5.74, 6) is -8.08. The molecule has 0 bridgehead atoms. The SMILES string of the molecule is CC(C)(C)OC(=O)N[C@H]1CC(F)(F)c2cc(F)c(-c3nnc(C(C)(C)C#N)o3)cc2N(Cc2ccc(-n3cc(C(F)(F)F)cn3)c(F)c2)C1=O. The van der Waals surface area contributed by atoms with Gasteiger partial charge in [0, 0.05) is 18.2 Å². The minimum Gasteiger partial charge on any atom is -0.444 e. The number of rotatable bonds is 6. The number of hydrogen-bond acceptors (Lipinski definition) is 8. The third kappa shape index (κ3) is 7.26. The second kappa shape index (κ2) is 12.4. The predicted molar refractivity (Wildman–Crippen MR) is 160 cm³/mol. The van der Waals surface area contributed by atoms with Gasteiger partial charge in [0.05, 0.1) is 35.6 Å². The lowest BCUT2D eigenvalue weighted by molar-refractivity contribution is -0.137. The third-order valence-corrected chi connectivity index (χ3v) is 7.46. The number of amides is 2. The number of carbonyl (C=O) groups is 2. The zero-order chi connectivity index (χ0) is 37.0. The molecule has 1 aliphatic rings. The molecule has 11 nitrogen and oxygen atoms in total. The molecule has 0 spiro atoms. The van der Waals surface area contributed by atoms with Crippen LogP contribution in [0.3, 0.4) is 0 Å². The summed E-state index contributed by atoms with van der Waals surface area (Å²) in [6, 6.07) is 4.48. The Bertz CT molecular complexity index is 2010. The normalized spacial score (nSPS) is 16.4. The van der Waals surface area contributed by atoms with Crippen molar-refractivity contribution >= 4 is 17.7 Å². The standard InChI is InChI=1S/C32H28F7N7O4/c1-29(2,3)50-28(48)42-22-11-31(35,36)19-10-20(33)18(25-43-44-27(49-25)30(4,5)15-40)9-24(19)45(26(22)47)13-16-6-7-23(21(34)8-16)46-14-17(12-41-46)32(37,38)39/h6-10,12,14,22H,11,13H2,1-5H3,(H,42,48)/t22-/m0/s1. The number of aromatic nitrogens is 4. The average Bonchev–Trinajstić information content (AvgIpc) is 3.68. The summed E-state index contributed by atoms with van der Waals surface area (Å²) in [5.41, 5.74) is -5.96. The van der Waals surface area contributed by atoms with E-state index in [-0.39, 0.29) is 17.1 Å². The molecule has 0 aliphatic carbocycles. The number of benzene rings is 2. The van der Waals surface area contributed by atoms with Crippen LogP contribution in [-0.2, 0) is 33.6 Å². The molecule has 1 atom stereocenters. The van der Waals surface area contributed by atoms with Gasteiger partial charge < -0.3 is 19.4 Å². The van der Waals surface area contributed by atoms with E-state index in [1.807, 2.05) is 6.07 Å². The molecule has 2 aromatic carbocycles. The Balaban J connectivity index is 1.60. The highest BCUT2D eigenvalue weighted by Crippen LogP contribution is 2.45. The van der Waals surface area contributed by atoms with Gasteiger partial charge in [0.25, 0.3) is 11.8 Å². The number of nitrogens with one attached hydrogen (secondary N) is 1. The smallest absolute Gasteiger partial charge is 0.419 e. The molecule has 2 aromatic heterocycles. The lowest BCUT2D eigenvalue weighted by Crippen LogP contribution is -2.49. The summed E-state index contributed by atoms with van der Waals surface area (Å²) >= 11 is 0. The number of alkyl carbamates (subject to hydrolysis) is 1. The van der Waals surface area contributed by atoms with Crippen molar-refractivity contribution in [3.63, 3.8) is 0 Å². The summed E-state index contributed by atoms with van der Waals surface area (Å²) in [4.78, 5) is 27.4. The van der Waals surface area contributed by atoms with Crippen molar-refractivity contribution in [2.24, 2.45) is 0 Å². The number of hydrogen-bond donors (Lipinski definition) is 1. The van der Waals surface area contributed by atoms with Crippen LogP contribution in [0.1, 0.15) is 63.6 Å². The summed E-state index contributed by atoms with van der Waals surface area (Å²) in [7, 11) is 0. The van der Waals surface area contributed by atoms with Crippen LogP contribution < -0.4 is 10.2 Å². The van der Waals surface area contributed by atoms with E-state index in [4.69, 9.17) is 9.15 Å². The highest BCUT2D eigenvalue weighted by Gasteiger charge is 2.47. The second-order valence-corrected chi connectivity index (χ2v) is 13.0. The van der Waals surface area contributed by atoms with Gasteiger partial charge in [-0.3, -0.25) is 4.79 Å². The first kappa shape index (κ1) is 35.8. The van der Waals surface area contributed by atoms with Crippen molar-refractivity contribution in [3.05, 3.63) is 76.9 Å². The van der Waals surface area contributed by atoms with Gasteiger partial charge in [-0.25, -0.2) is 27.0 Å². The van der Waals surface area contributed by atoms with Crippen molar-refractivity contribution in [2.75, 3.05) is 4.90 Å². The van der Waals surface area contributed by atoms with Gasteiger partial charge in [-0.15, -0.1) is 10.2 Å². The molecule has 0 radical (unpaired) electrons. The number of alkyl halides is 5. The highest BCUT2D eigenvalue weighted by atomic mass is 19.4. The second-order valence-electron chi connectivity index (χ2n) is 13.0. The molecular formula is C32H28F7N7O4. The molecule has 4 aromatic rings. The highest BCUT2D eigenvalue weighted by molar-refractivity contribution is 6.00. The van der Waals surface area contributed by atoms with E-state index < -0.39 is 94.0 Å². The van der Waals surface area contributed by atoms with Crippen molar-refractivity contribution in [1.29, 1.82) is 5.26 Å². The largest absolute Gasteiger partial charge is 0.444 e. The van der Waals surface area contributed by atoms with Crippen LogP contribution in [0.2, 0.25) is 0 Å². The van der Waals surface area contributed by atoms with Crippen LogP contribution in [0.5, 0.6) is 0 Å². The van der Waals surface area contributed by atoms with Crippen molar-refractivity contribution in [1.82, 2.24) is 25.3 Å². The molecule has 18 heteroatoms. The first-order valence-corrected chi connectivity index (χ1v) is 14.8. The number of anilines is 1. The first-order chi connectivity index (χ1) is 23.1. The van der Waals surface area contributed by atoms with Gasteiger partial charge in [0.2, 0.25) is 11.8 Å². The van der Waals surface area contributed by atoms with E-state index in [2.05, 4.69) is 20.6 Å². The van der Waals surface area contributed by atoms with Gasteiger partial charge in [0.15, 0.2) is 0 Å². The van der Waals surface area contributed by atoms with Gasteiger partial charge in [-0.2, -0.15) is 23.5 Å². The molecule has 264 valence electrons. The number of nitrogens with zero attached hydrogens (tertiary/aromatic N) is 6.